The third kappa shape index (κ3) is 13.2. The van der Waals surface area contributed by atoms with Gasteiger partial charge in [-0.1, -0.05) is 63.8 Å². The summed E-state index contributed by atoms with van der Waals surface area (Å²) in [4.78, 5) is 11.6. The minimum absolute atomic E-state index is 0.470. The van der Waals surface area contributed by atoms with Gasteiger partial charge in [0.1, 0.15) is 5.78 Å². The molecule has 0 fully saturated rings. The molecule has 0 amide bonds. The predicted octanol–water partition coefficient (Wildman–Crippen LogP) is 5.61. The van der Waals surface area contributed by atoms with Gasteiger partial charge in [0.05, 0.1) is 0 Å². The first kappa shape index (κ1) is 17.2. The summed E-state index contributed by atoms with van der Waals surface area (Å²) in [5.74, 6) is 0.470. The van der Waals surface area contributed by atoms with E-state index >= 15 is 0 Å². The molecule has 18 heavy (non-hydrogen) atoms. The van der Waals surface area contributed by atoms with Gasteiger partial charge >= 0.3 is 0 Å². The van der Waals surface area contributed by atoms with E-state index in [2.05, 4.69) is 19.6 Å². The summed E-state index contributed by atoms with van der Waals surface area (Å²) in [5.41, 5.74) is 0. The average Bonchev–Trinajstić information content (AvgIpc) is 2.38. The lowest BCUT2D eigenvalue weighted by Crippen LogP contribution is -1.97. The van der Waals surface area contributed by atoms with E-state index in [0.29, 0.717) is 5.78 Å². The fourth-order valence-electron chi connectivity index (χ4n) is 2.00. The molecule has 0 atom stereocenters. The van der Waals surface area contributed by atoms with Gasteiger partial charge in [-0.3, -0.25) is 4.79 Å². The number of carbonyl (C=O) groups excluding carboxylic acids is 1. The Bertz CT molecular complexity index is 228. The van der Waals surface area contributed by atoms with Gasteiger partial charge in [0.25, 0.3) is 0 Å². The third-order valence-corrected chi connectivity index (χ3v) is 3.16. The lowest BCUT2D eigenvalue weighted by molar-refractivity contribution is -0.119. The first-order valence-corrected chi connectivity index (χ1v) is 7.60. The van der Waals surface area contributed by atoms with Crippen LogP contribution in [-0.4, -0.2) is 5.78 Å². The second kappa shape index (κ2) is 14.2. The van der Waals surface area contributed by atoms with Gasteiger partial charge in [0.15, 0.2) is 0 Å². The van der Waals surface area contributed by atoms with Gasteiger partial charge in [-0.15, -0.1) is 0 Å². The maximum absolute atomic E-state index is 11.6. The van der Waals surface area contributed by atoms with Crippen LogP contribution in [0.1, 0.15) is 77.6 Å². The summed E-state index contributed by atoms with van der Waals surface area (Å²) in [5, 5.41) is 0. The van der Waals surface area contributed by atoms with E-state index in [0.717, 1.165) is 32.1 Å². The van der Waals surface area contributed by atoms with E-state index < -0.39 is 0 Å². The summed E-state index contributed by atoms with van der Waals surface area (Å²) in [7, 11) is 0. The zero-order valence-electron chi connectivity index (χ0n) is 12.1. The molecule has 0 aliphatic rings. The maximum Gasteiger partial charge on any atom is 0.132 e. The molecular formula is C17H30O. The molecule has 0 saturated heterocycles. The smallest absolute Gasteiger partial charge is 0.132 e. The first-order chi connectivity index (χ1) is 8.81. The molecule has 0 heterocycles. The highest BCUT2D eigenvalue weighted by Gasteiger charge is 2.01. The number of hydrogen-bond acceptors (Lipinski definition) is 1. The summed E-state index contributed by atoms with van der Waals surface area (Å²) in [6.07, 6.45) is 18.3. The number of unbranched alkanes of at least 4 members (excludes halogenated alkanes) is 7. The largest absolute Gasteiger partial charge is 0.300 e. The van der Waals surface area contributed by atoms with Crippen LogP contribution in [-0.2, 0) is 4.79 Å². The molecule has 104 valence electrons. The standard InChI is InChI=1S/C17H30O/c1-3-5-7-9-10-11-12-14-16-17(18)15-13-8-6-4-2/h3,5,7H,1,4,6,8-16H2,2H3. The van der Waals surface area contributed by atoms with E-state index in [1.54, 1.807) is 0 Å². The van der Waals surface area contributed by atoms with Crippen molar-refractivity contribution in [3.63, 3.8) is 0 Å². The molecular weight excluding hydrogens is 220 g/mol. The number of rotatable bonds is 13. The van der Waals surface area contributed by atoms with Crippen molar-refractivity contribution >= 4 is 5.78 Å². The molecule has 0 aliphatic carbocycles. The van der Waals surface area contributed by atoms with Gasteiger partial charge in [-0.25, -0.2) is 0 Å². The fraction of sp³-hybridized carbons (Fsp3) is 0.706. The van der Waals surface area contributed by atoms with E-state index in [4.69, 9.17) is 0 Å². The molecule has 0 radical (unpaired) electrons. The lowest BCUT2D eigenvalue weighted by Gasteiger charge is -2.01. The Kier molecular flexibility index (Phi) is 13.5. The van der Waals surface area contributed by atoms with E-state index in [1.807, 2.05) is 12.2 Å². The minimum atomic E-state index is 0.470. The molecule has 0 unspecified atom stereocenters. The SMILES string of the molecule is C=CC=CCCCCCCC(=O)CCCCCC. The quantitative estimate of drug-likeness (QED) is 0.307. The topological polar surface area (TPSA) is 17.1 Å². The highest BCUT2D eigenvalue weighted by atomic mass is 16.1. The number of Topliss-reactive ketones (excluding diaryl/α,β-unsaturated/α-hetero) is 1. The summed E-state index contributed by atoms with van der Waals surface area (Å²) >= 11 is 0. The van der Waals surface area contributed by atoms with Crippen molar-refractivity contribution in [3.05, 3.63) is 24.8 Å². The molecule has 0 saturated carbocycles. The second-order valence-corrected chi connectivity index (χ2v) is 4.97. The third-order valence-electron chi connectivity index (χ3n) is 3.16. The summed E-state index contributed by atoms with van der Waals surface area (Å²) in [6, 6.07) is 0. The van der Waals surface area contributed by atoms with Crippen LogP contribution in [0.4, 0.5) is 0 Å². The lowest BCUT2D eigenvalue weighted by atomic mass is 10.0. The normalized spacial score (nSPS) is 10.9. The van der Waals surface area contributed by atoms with E-state index in [-0.39, 0.29) is 0 Å². The van der Waals surface area contributed by atoms with Crippen molar-refractivity contribution in [2.24, 2.45) is 0 Å². The molecule has 0 aromatic rings. The number of hydrogen-bond donors (Lipinski definition) is 0. The molecule has 0 aromatic carbocycles. The molecule has 0 bridgehead atoms. The van der Waals surface area contributed by atoms with Gasteiger partial charge in [-0.05, 0) is 25.7 Å². The van der Waals surface area contributed by atoms with Crippen LogP contribution >= 0.6 is 0 Å². The fourth-order valence-corrected chi connectivity index (χ4v) is 2.00. The zero-order valence-corrected chi connectivity index (χ0v) is 12.1. The number of carbonyl (C=O) groups is 1. The van der Waals surface area contributed by atoms with Crippen LogP contribution in [0.2, 0.25) is 0 Å². The number of ketones is 1. The van der Waals surface area contributed by atoms with Gasteiger partial charge in [-0.2, -0.15) is 0 Å². The van der Waals surface area contributed by atoms with Crippen LogP contribution in [0.15, 0.2) is 24.8 Å². The van der Waals surface area contributed by atoms with E-state index in [9.17, 15) is 4.79 Å². The molecule has 0 N–H and O–H groups in total. The molecule has 1 nitrogen and oxygen atoms in total. The Labute approximate surface area is 113 Å². The highest BCUT2D eigenvalue weighted by Crippen LogP contribution is 2.09. The van der Waals surface area contributed by atoms with Gasteiger partial charge in [0, 0.05) is 12.8 Å². The Morgan fingerprint density at radius 1 is 0.944 bits per heavy atom. The van der Waals surface area contributed by atoms with Crippen LogP contribution in [0.5, 0.6) is 0 Å². The van der Waals surface area contributed by atoms with Crippen molar-refractivity contribution in [3.8, 4) is 0 Å². The van der Waals surface area contributed by atoms with Crippen molar-refractivity contribution in [1.82, 2.24) is 0 Å². The summed E-state index contributed by atoms with van der Waals surface area (Å²) < 4.78 is 0. The number of allylic oxidation sites excluding steroid dienone is 3. The minimum Gasteiger partial charge on any atom is -0.300 e. The van der Waals surface area contributed by atoms with Crippen LogP contribution < -0.4 is 0 Å². The monoisotopic (exact) mass is 250 g/mol. The maximum atomic E-state index is 11.6. The average molecular weight is 250 g/mol. The Morgan fingerprint density at radius 3 is 2.17 bits per heavy atom. The van der Waals surface area contributed by atoms with Crippen molar-refractivity contribution < 1.29 is 4.79 Å². The van der Waals surface area contributed by atoms with Gasteiger partial charge < -0.3 is 0 Å². The zero-order chi connectivity index (χ0) is 13.5. The van der Waals surface area contributed by atoms with Crippen LogP contribution in [0.25, 0.3) is 0 Å². The van der Waals surface area contributed by atoms with Crippen molar-refractivity contribution in [2.45, 2.75) is 77.6 Å². The molecule has 0 aromatic heterocycles. The molecule has 0 rings (SSSR count). The first-order valence-electron chi connectivity index (χ1n) is 7.60. The van der Waals surface area contributed by atoms with Gasteiger partial charge in [0.2, 0.25) is 0 Å². The second-order valence-electron chi connectivity index (χ2n) is 4.97. The molecule has 1 heteroatoms. The van der Waals surface area contributed by atoms with Crippen LogP contribution in [0, 0.1) is 0 Å². The van der Waals surface area contributed by atoms with Crippen molar-refractivity contribution in [2.75, 3.05) is 0 Å². The Morgan fingerprint density at radius 2 is 1.56 bits per heavy atom. The molecule has 0 spiro atoms. The van der Waals surface area contributed by atoms with E-state index in [1.165, 1.54) is 38.5 Å². The highest BCUT2D eigenvalue weighted by molar-refractivity contribution is 5.78. The Balaban J connectivity index is 3.19. The Hall–Kier alpha value is -0.850. The predicted molar refractivity (Wildman–Crippen MR) is 80.8 cm³/mol. The van der Waals surface area contributed by atoms with Crippen molar-refractivity contribution in [1.29, 1.82) is 0 Å². The molecule has 0 aliphatic heterocycles. The summed E-state index contributed by atoms with van der Waals surface area (Å²) in [6.45, 7) is 5.84. The van der Waals surface area contributed by atoms with Crippen LogP contribution in [0.3, 0.4) is 0 Å².